The van der Waals surface area contributed by atoms with Gasteiger partial charge in [0.15, 0.2) is 0 Å². The van der Waals surface area contributed by atoms with Crippen molar-refractivity contribution in [3.63, 3.8) is 0 Å². The molecule has 4 aromatic rings. The standard InChI is InChI=1S/C27H27N3O3/c1-3-33-27(32)23-17-22-24(30(25(23)28)18-21-12-8-5-9-13-21)16-19(2)29(26(22)31)15-14-20-10-6-4-7-11-20/h4-13,16-17,28H,3,14-15,18H2,1-2H3. The molecule has 168 valence electrons. The molecule has 2 aromatic carbocycles. The molecule has 0 radical (unpaired) electrons. The molecule has 6 heteroatoms. The molecule has 33 heavy (non-hydrogen) atoms. The average molecular weight is 442 g/mol. The van der Waals surface area contributed by atoms with Crippen LogP contribution in [0.1, 0.15) is 34.1 Å². The number of hydrogen-bond donors (Lipinski definition) is 1. The molecular weight excluding hydrogens is 414 g/mol. The van der Waals surface area contributed by atoms with E-state index in [1.165, 1.54) is 6.07 Å². The minimum absolute atomic E-state index is 0.0330. The number of carbonyl (C=O) groups is 1. The van der Waals surface area contributed by atoms with Crippen molar-refractivity contribution in [3.05, 3.63) is 111 Å². The van der Waals surface area contributed by atoms with E-state index in [0.29, 0.717) is 24.0 Å². The Kier molecular flexibility index (Phi) is 6.54. The normalized spacial score (nSPS) is 11.0. The lowest BCUT2D eigenvalue weighted by molar-refractivity contribution is 0.0523. The number of benzene rings is 2. The SMILES string of the molecule is CCOC(=O)c1cc2c(=O)n(CCc3ccccc3)c(C)cc2n(Cc2ccccc2)c1=N. The smallest absolute Gasteiger partial charge is 0.341 e. The number of aryl methyl sites for hydroxylation is 2. The molecule has 0 aliphatic carbocycles. The second-order valence-corrected chi connectivity index (χ2v) is 7.98. The second-order valence-electron chi connectivity index (χ2n) is 7.98. The van der Waals surface area contributed by atoms with E-state index in [4.69, 9.17) is 10.1 Å². The molecule has 2 heterocycles. The van der Waals surface area contributed by atoms with Crippen molar-refractivity contribution in [2.75, 3.05) is 6.61 Å². The van der Waals surface area contributed by atoms with Gasteiger partial charge in [0.05, 0.1) is 17.5 Å². The van der Waals surface area contributed by atoms with Crippen molar-refractivity contribution in [1.82, 2.24) is 9.13 Å². The highest BCUT2D eigenvalue weighted by molar-refractivity contribution is 5.93. The molecule has 0 fully saturated rings. The van der Waals surface area contributed by atoms with Gasteiger partial charge in [-0.3, -0.25) is 10.2 Å². The Bertz CT molecular complexity index is 1400. The third kappa shape index (κ3) is 4.65. The zero-order chi connectivity index (χ0) is 23.4. The van der Waals surface area contributed by atoms with Crippen molar-refractivity contribution in [2.45, 2.75) is 33.4 Å². The van der Waals surface area contributed by atoms with Crippen LogP contribution in [0.3, 0.4) is 0 Å². The van der Waals surface area contributed by atoms with Gasteiger partial charge < -0.3 is 13.9 Å². The highest BCUT2D eigenvalue weighted by atomic mass is 16.5. The molecule has 1 N–H and O–H groups in total. The third-order valence-corrected chi connectivity index (χ3v) is 5.77. The first-order valence-corrected chi connectivity index (χ1v) is 11.1. The van der Waals surface area contributed by atoms with Gasteiger partial charge in [0.25, 0.3) is 5.56 Å². The van der Waals surface area contributed by atoms with Gasteiger partial charge in [0.1, 0.15) is 11.1 Å². The molecule has 0 aliphatic heterocycles. The summed E-state index contributed by atoms with van der Waals surface area (Å²) in [5, 5.41) is 9.13. The first-order chi connectivity index (χ1) is 16.0. The molecular formula is C27H27N3O3. The van der Waals surface area contributed by atoms with Gasteiger partial charge in [-0.15, -0.1) is 0 Å². The summed E-state index contributed by atoms with van der Waals surface area (Å²) < 4.78 is 8.63. The van der Waals surface area contributed by atoms with Crippen LogP contribution >= 0.6 is 0 Å². The van der Waals surface area contributed by atoms with Gasteiger partial charge in [-0.2, -0.15) is 0 Å². The van der Waals surface area contributed by atoms with Crippen LogP contribution in [0.2, 0.25) is 0 Å². The van der Waals surface area contributed by atoms with Crippen molar-refractivity contribution < 1.29 is 9.53 Å². The van der Waals surface area contributed by atoms with Gasteiger partial charge in [0, 0.05) is 18.8 Å². The van der Waals surface area contributed by atoms with Crippen LogP contribution in [0, 0.1) is 12.3 Å². The van der Waals surface area contributed by atoms with E-state index in [2.05, 4.69) is 0 Å². The highest BCUT2D eigenvalue weighted by Gasteiger charge is 2.18. The number of fused-ring (bicyclic) bond motifs is 1. The number of aromatic nitrogens is 2. The molecule has 0 bridgehead atoms. The molecule has 4 rings (SSSR count). The molecule has 0 spiro atoms. The van der Waals surface area contributed by atoms with Gasteiger partial charge in [-0.25, -0.2) is 4.79 Å². The summed E-state index contributed by atoms with van der Waals surface area (Å²) >= 11 is 0. The maximum Gasteiger partial charge on any atom is 0.341 e. The number of hydrogen-bond acceptors (Lipinski definition) is 4. The summed E-state index contributed by atoms with van der Waals surface area (Å²) in [6.45, 7) is 4.73. The van der Waals surface area contributed by atoms with E-state index in [9.17, 15) is 9.59 Å². The van der Waals surface area contributed by atoms with E-state index in [-0.39, 0.29) is 23.2 Å². The van der Waals surface area contributed by atoms with Crippen LogP contribution in [0.5, 0.6) is 0 Å². The first kappa shape index (κ1) is 22.3. The number of esters is 1. The van der Waals surface area contributed by atoms with Crippen LogP contribution in [-0.4, -0.2) is 21.7 Å². The Morgan fingerprint density at radius 3 is 2.21 bits per heavy atom. The highest BCUT2D eigenvalue weighted by Crippen LogP contribution is 2.16. The number of carbonyl (C=O) groups excluding carboxylic acids is 1. The van der Waals surface area contributed by atoms with Crippen LogP contribution < -0.4 is 11.0 Å². The summed E-state index contributed by atoms with van der Waals surface area (Å²) in [4.78, 5) is 26.2. The van der Waals surface area contributed by atoms with E-state index >= 15 is 0 Å². The Labute approximate surface area is 192 Å². The van der Waals surface area contributed by atoms with Crippen LogP contribution in [0.15, 0.2) is 77.6 Å². The first-order valence-electron chi connectivity index (χ1n) is 11.1. The van der Waals surface area contributed by atoms with Crippen molar-refractivity contribution in [2.24, 2.45) is 0 Å². The van der Waals surface area contributed by atoms with Crippen molar-refractivity contribution in [1.29, 1.82) is 5.41 Å². The summed E-state index contributed by atoms with van der Waals surface area (Å²) in [7, 11) is 0. The fourth-order valence-electron chi connectivity index (χ4n) is 4.06. The maximum absolute atomic E-state index is 13.6. The van der Waals surface area contributed by atoms with Crippen molar-refractivity contribution in [3.8, 4) is 0 Å². The molecule has 0 aliphatic rings. The van der Waals surface area contributed by atoms with E-state index < -0.39 is 5.97 Å². The van der Waals surface area contributed by atoms with Gasteiger partial charge in [0.2, 0.25) is 0 Å². The Morgan fingerprint density at radius 1 is 0.939 bits per heavy atom. The molecule has 2 aromatic heterocycles. The largest absolute Gasteiger partial charge is 0.462 e. The molecule has 0 saturated heterocycles. The summed E-state index contributed by atoms with van der Waals surface area (Å²) in [6.07, 6.45) is 0.721. The number of pyridine rings is 2. The lowest BCUT2D eigenvalue weighted by Gasteiger charge is -2.17. The molecule has 6 nitrogen and oxygen atoms in total. The molecule has 0 saturated carbocycles. The number of nitrogens with zero attached hydrogens (tertiary/aromatic N) is 2. The van der Waals surface area contributed by atoms with E-state index in [1.54, 1.807) is 16.1 Å². The fraction of sp³-hybridized carbons (Fsp3) is 0.222. The lowest BCUT2D eigenvalue weighted by atomic mass is 10.1. The minimum Gasteiger partial charge on any atom is -0.462 e. The topological polar surface area (TPSA) is 77.1 Å². The maximum atomic E-state index is 13.6. The minimum atomic E-state index is -0.595. The summed E-state index contributed by atoms with van der Waals surface area (Å²) in [5.41, 5.74) is 3.53. The van der Waals surface area contributed by atoms with E-state index in [0.717, 1.165) is 23.2 Å². The monoisotopic (exact) mass is 441 g/mol. The quantitative estimate of drug-likeness (QED) is 0.440. The van der Waals surface area contributed by atoms with Gasteiger partial charge >= 0.3 is 5.97 Å². The zero-order valence-electron chi connectivity index (χ0n) is 18.9. The third-order valence-electron chi connectivity index (χ3n) is 5.77. The fourth-order valence-corrected chi connectivity index (χ4v) is 4.06. The Hall–Kier alpha value is -3.93. The number of nitrogens with one attached hydrogen (secondary N) is 1. The summed E-state index contributed by atoms with van der Waals surface area (Å²) in [6, 6.07) is 23.2. The number of rotatable bonds is 7. The molecule has 0 unspecified atom stereocenters. The predicted octanol–water partition coefficient (Wildman–Crippen LogP) is 4.06. The second kappa shape index (κ2) is 9.69. The van der Waals surface area contributed by atoms with Gasteiger partial charge in [-0.05, 0) is 43.5 Å². The zero-order valence-corrected chi connectivity index (χ0v) is 18.9. The molecule has 0 amide bonds. The lowest BCUT2D eigenvalue weighted by Crippen LogP contribution is -2.32. The number of ether oxygens (including phenoxy) is 1. The van der Waals surface area contributed by atoms with Crippen LogP contribution in [0.25, 0.3) is 10.9 Å². The van der Waals surface area contributed by atoms with E-state index in [1.807, 2.05) is 73.7 Å². The Morgan fingerprint density at radius 2 is 1.58 bits per heavy atom. The average Bonchev–Trinajstić information content (AvgIpc) is 2.82. The van der Waals surface area contributed by atoms with Gasteiger partial charge in [-0.1, -0.05) is 60.7 Å². The molecule has 0 atom stereocenters. The predicted molar refractivity (Wildman–Crippen MR) is 128 cm³/mol. The van der Waals surface area contributed by atoms with Crippen LogP contribution in [0.4, 0.5) is 0 Å². The Balaban J connectivity index is 1.88. The van der Waals surface area contributed by atoms with Crippen LogP contribution in [-0.2, 0) is 24.2 Å². The summed E-state index contributed by atoms with van der Waals surface area (Å²) in [5.74, 6) is -0.595. The van der Waals surface area contributed by atoms with Crippen molar-refractivity contribution >= 4 is 16.9 Å².